The van der Waals surface area contributed by atoms with Gasteiger partial charge in [0.05, 0.1) is 0 Å². The van der Waals surface area contributed by atoms with Gasteiger partial charge < -0.3 is 10.2 Å². The number of carbonyl (C=O) groups is 1. The van der Waals surface area contributed by atoms with Crippen LogP contribution in [0.1, 0.15) is 0 Å². The number of rotatable bonds is 0. The Kier molecular flexibility index (Phi) is 52.6. The van der Waals surface area contributed by atoms with Crippen molar-refractivity contribution in [2.75, 3.05) is 0 Å². The summed E-state index contributed by atoms with van der Waals surface area (Å²) in [6, 6.07) is 0. The zero-order valence-corrected chi connectivity index (χ0v) is 5.63. The van der Waals surface area contributed by atoms with Gasteiger partial charge in [-0.15, -0.1) is 0 Å². The van der Waals surface area contributed by atoms with Crippen LogP contribution >= 0.6 is 0 Å². The summed E-state index contributed by atoms with van der Waals surface area (Å²) in [5.74, 6) is 0. The predicted molar refractivity (Wildman–Crippen MR) is 21.7 cm³/mol. The third kappa shape index (κ3) is 95.8. The second kappa shape index (κ2) is 15.6. The third-order valence-electron chi connectivity index (χ3n) is 0. The minimum atomic E-state index is -1.83. The summed E-state index contributed by atoms with van der Waals surface area (Å²) < 4.78 is 0. The van der Waals surface area contributed by atoms with Gasteiger partial charge in [-0.25, -0.2) is 4.79 Å². The van der Waals surface area contributed by atoms with Crippen molar-refractivity contribution >= 4 is 43.9 Å². The summed E-state index contributed by atoms with van der Waals surface area (Å²) in [6.07, 6.45) is -1.83. The van der Waals surface area contributed by atoms with Gasteiger partial charge in [-0.3, -0.25) is 4.70 Å². The first-order chi connectivity index (χ1) is 1.73. The first-order valence-electron chi connectivity index (χ1n) is 0.651. The number of halogens is 1. The van der Waals surface area contributed by atoms with Crippen LogP contribution in [0.3, 0.4) is 0 Å². The molecular formula is CH5CaFO3Y. The summed E-state index contributed by atoms with van der Waals surface area (Å²) in [4.78, 5) is 8.56. The van der Waals surface area contributed by atoms with E-state index >= 15 is 0 Å². The minimum Gasteiger partial charge on any atom is 0 e. The van der Waals surface area contributed by atoms with Gasteiger partial charge in [0.15, 0.2) is 0 Å². The molecule has 3 nitrogen and oxygen atoms in total. The molecule has 0 fully saturated rings. The molecule has 0 atom stereocenters. The van der Waals surface area contributed by atoms with E-state index in [0.717, 1.165) is 0 Å². The van der Waals surface area contributed by atoms with E-state index in [0.29, 0.717) is 0 Å². The molecule has 6 heteroatoms. The molecule has 0 saturated heterocycles. The fourth-order valence-electron chi connectivity index (χ4n) is 0. The van der Waals surface area contributed by atoms with E-state index in [1.165, 1.54) is 0 Å². The topological polar surface area (TPSA) is 57.5 Å². The van der Waals surface area contributed by atoms with Crippen LogP contribution in [0.15, 0.2) is 0 Å². The van der Waals surface area contributed by atoms with Gasteiger partial charge in [-0.05, 0) is 0 Å². The fraction of sp³-hybridized carbons (Fsp3) is 0. The summed E-state index contributed by atoms with van der Waals surface area (Å²) in [5.41, 5.74) is 0. The van der Waals surface area contributed by atoms with E-state index < -0.39 is 6.16 Å². The third-order valence-corrected chi connectivity index (χ3v) is 0. The maximum absolute atomic E-state index is 8.56. The van der Waals surface area contributed by atoms with E-state index in [-0.39, 0.29) is 75.2 Å². The largest absolute Gasteiger partial charge is 0 e. The molecule has 0 spiro atoms. The van der Waals surface area contributed by atoms with Crippen LogP contribution in [0.4, 0.5) is 9.50 Å². The normalized spacial score (nSPS) is 3.43. The molecule has 0 aromatic rings. The van der Waals surface area contributed by atoms with Crippen molar-refractivity contribution in [2.24, 2.45) is 0 Å². The monoisotopic (exact) mass is 213 g/mol. The molecule has 0 saturated carbocycles. The van der Waals surface area contributed by atoms with Gasteiger partial charge in [-0.1, -0.05) is 0 Å². The molecular weight excluding hydrogens is 208 g/mol. The molecule has 7 heavy (non-hydrogen) atoms. The van der Waals surface area contributed by atoms with Crippen molar-refractivity contribution in [3.05, 3.63) is 0 Å². The van der Waals surface area contributed by atoms with Gasteiger partial charge in [0.25, 0.3) is 0 Å². The number of carboxylic acid groups (broad SMARTS) is 2. The molecule has 0 aliphatic rings. The van der Waals surface area contributed by atoms with Gasteiger partial charge in [-0.2, -0.15) is 0 Å². The van der Waals surface area contributed by atoms with Gasteiger partial charge in [0.2, 0.25) is 0 Å². The Morgan fingerprint density at radius 3 is 1.29 bits per heavy atom. The van der Waals surface area contributed by atoms with Crippen molar-refractivity contribution < 1.29 is 52.4 Å². The quantitative estimate of drug-likeness (QED) is 0.531. The Morgan fingerprint density at radius 1 is 1.29 bits per heavy atom. The molecule has 0 bridgehead atoms. The molecule has 0 aliphatic heterocycles. The summed E-state index contributed by atoms with van der Waals surface area (Å²) in [5, 5.41) is 13.9. The summed E-state index contributed by atoms with van der Waals surface area (Å²) >= 11 is 0. The van der Waals surface area contributed by atoms with Crippen LogP contribution in [0, 0.1) is 0 Å². The van der Waals surface area contributed by atoms with E-state index in [2.05, 4.69) is 0 Å². The van der Waals surface area contributed by atoms with Crippen molar-refractivity contribution in [1.82, 2.24) is 0 Å². The fourth-order valence-corrected chi connectivity index (χ4v) is 0. The van der Waals surface area contributed by atoms with Gasteiger partial charge in [0, 0.05) is 32.7 Å². The molecule has 0 rings (SSSR count). The van der Waals surface area contributed by atoms with Gasteiger partial charge in [0.1, 0.15) is 0 Å². The van der Waals surface area contributed by atoms with Crippen LogP contribution in [-0.4, -0.2) is 54.1 Å². The van der Waals surface area contributed by atoms with Crippen LogP contribution in [-0.2, 0) is 32.7 Å². The molecule has 0 aromatic carbocycles. The van der Waals surface area contributed by atoms with E-state index in [4.69, 9.17) is 15.0 Å². The van der Waals surface area contributed by atoms with Crippen molar-refractivity contribution in [3.8, 4) is 0 Å². The summed E-state index contributed by atoms with van der Waals surface area (Å²) in [6.45, 7) is 0. The number of hydrogen-bond donors (Lipinski definition) is 2. The Balaban J connectivity index is -0.0000000150. The average molecular weight is 213 g/mol. The van der Waals surface area contributed by atoms with E-state index in [9.17, 15) is 0 Å². The Hall–Kier alpha value is 1.56. The van der Waals surface area contributed by atoms with Crippen LogP contribution in [0.2, 0.25) is 0 Å². The van der Waals surface area contributed by atoms with Crippen LogP contribution in [0.5, 0.6) is 0 Å². The minimum absolute atomic E-state index is 0. The van der Waals surface area contributed by atoms with Crippen molar-refractivity contribution in [1.29, 1.82) is 0 Å². The Morgan fingerprint density at radius 2 is 1.29 bits per heavy atom. The predicted octanol–water partition coefficient (Wildman–Crippen LogP) is -0.544. The zero-order chi connectivity index (χ0) is 3.58. The molecule has 1 radical (unpaired) electrons. The second-order valence-electron chi connectivity index (χ2n) is 0.283. The maximum Gasteiger partial charge on any atom is 0 e. The molecule has 0 aromatic heterocycles. The average Bonchev–Trinajstić information content (AvgIpc) is 0.811. The molecule has 0 unspecified atom stereocenters. The standard InChI is InChI=1S/CH2O3.Ca.FH.Y.2H/c2-1(3)4;;;;;/h(H2,2,3,4);;1H;;;. The SMILES string of the molecule is F.O=C(O)O.[CaH2].[Y]. The van der Waals surface area contributed by atoms with E-state index in [1.807, 2.05) is 0 Å². The molecule has 2 N–H and O–H groups in total. The molecule has 0 aliphatic carbocycles. The van der Waals surface area contributed by atoms with Crippen LogP contribution in [0.25, 0.3) is 0 Å². The van der Waals surface area contributed by atoms with Gasteiger partial charge >= 0.3 is 43.9 Å². The molecule has 39 valence electrons. The Labute approximate surface area is 94.7 Å². The zero-order valence-electron chi connectivity index (χ0n) is 2.79. The molecule has 0 amide bonds. The summed E-state index contributed by atoms with van der Waals surface area (Å²) in [7, 11) is 0. The van der Waals surface area contributed by atoms with E-state index in [1.54, 1.807) is 0 Å². The smallest absolute Gasteiger partial charge is 0 e. The number of hydrogen-bond acceptors (Lipinski definition) is 1. The Bertz CT molecular complexity index is 37.9. The van der Waals surface area contributed by atoms with Crippen LogP contribution < -0.4 is 0 Å². The first-order valence-corrected chi connectivity index (χ1v) is 0.651. The van der Waals surface area contributed by atoms with Crippen molar-refractivity contribution in [3.63, 3.8) is 0 Å². The van der Waals surface area contributed by atoms with Crippen molar-refractivity contribution in [2.45, 2.75) is 0 Å². The molecule has 0 heterocycles. The second-order valence-corrected chi connectivity index (χ2v) is 0.283. The maximum atomic E-state index is 8.56. The first kappa shape index (κ1) is 23.5.